The summed E-state index contributed by atoms with van der Waals surface area (Å²) in [5.41, 5.74) is 1.53. The molecule has 2 aromatic heterocycles. The lowest BCUT2D eigenvalue weighted by molar-refractivity contribution is 0.324. The van der Waals surface area contributed by atoms with Crippen LogP contribution in [0.1, 0.15) is 5.56 Å². The third kappa shape index (κ3) is 3.86. The lowest BCUT2D eigenvalue weighted by Crippen LogP contribution is -2.12. The highest BCUT2D eigenvalue weighted by atomic mass is 32.1. The number of thiazole rings is 1. The van der Waals surface area contributed by atoms with Crippen molar-refractivity contribution in [3.8, 4) is 28.7 Å². The first-order valence-corrected chi connectivity index (χ1v) is 9.30. The van der Waals surface area contributed by atoms with Crippen LogP contribution in [-0.4, -0.2) is 38.8 Å². The smallest absolute Gasteiger partial charge is 0.206 e. The standard InChI is InChI=1S/C20H21N3O4S/c1-5-10-21-20-23(15(13-28-20)16-7-6-11-27-16)22-12-14-8-9-17(24-2)19(26-4)18(14)25-3/h5-9,11-13H,1,10H2,2-4H3/b21-20?,22-12-. The average Bonchev–Trinajstić information content (AvgIpc) is 3.39. The van der Waals surface area contributed by atoms with Gasteiger partial charge < -0.3 is 18.6 Å². The van der Waals surface area contributed by atoms with E-state index in [1.807, 2.05) is 23.6 Å². The van der Waals surface area contributed by atoms with E-state index in [1.54, 1.807) is 50.6 Å². The van der Waals surface area contributed by atoms with E-state index in [1.165, 1.54) is 11.3 Å². The minimum atomic E-state index is 0.493. The zero-order chi connectivity index (χ0) is 19.9. The Balaban J connectivity index is 2.10. The lowest BCUT2D eigenvalue weighted by atomic mass is 10.2. The van der Waals surface area contributed by atoms with Gasteiger partial charge in [-0.3, -0.25) is 4.99 Å². The van der Waals surface area contributed by atoms with Crippen LogP contribution in [0.5, 0.6) is 17.2 Å². The van der Waals surface area contributed by atoms with Gasteiger partial charge in [0.15, 0.2) is 17.3 Å². The molecule has 1 aromatic carbocycles. The van der Waals surface area contributed by atoms with Crippen LogP contribution in [0, 0.1) is 0 Å². The first kappa shape index (κ1) is 19.5. The molecule has 0 unspecified atom stereocenters. The summed E-state index contributed by atoms with van der Waals surface area (Å²) in [4.78, 5) is 5.23. The van der Waals surface area contributed by atoms with Gasteiger partial charge in [0.1, 0.15) is 5.69 Å². The summed E-state index contributed by atoms with van der Waals surface area (Å²) in [7, 11) is 4.72. The highest BCUT2D eigenvalue weighted by Crippen LogP contribution is 2.39. The maximum absolute atomic E-state index is 5.53. The van der Waals surface area contributed by atoms with Crippen molar-refractivity contribution in [2.24, 2.45) is 10.1 Å². The molecule has 0 saturated carbocycles. The Labute approximate surface area is 166 Å². The van der Waals surface area contributed by atoms with E-state index in [4.69, 9.17) is 18.6 Å². The van der Waals surface area contributed by atoms with Gasteiger partial charge in [-0.25, -0.2) is 4.68 Å². The van der Waals surface area contributed by atoms with Gasteiger partial charge in [0.2, 0.25) is 10.6 Å². The van der Waals surface area contributed by atoms with Gasteiger partial charge in [0, 0.05) is 10.9 Å². The van der Waals surface area contributed by atoms with Gasteiger partial charge in [-0.1, -0.05) is 6.08 Å². The summed E-state index contributed by atoms with van der Waals surface area (Å²) in [5, 5.41) is 6.57. The fraction of sp³-hybridized carbons (Fsp3) is 0.200. The zero-order valence-corrected chi connectivity index (χ0v) is 16.7. The Morgan fingerprint density at radius 3 is 2.61 bits per heavy atom. The second-order valence-electron chi connectivity index (χ2n) is 5.49. The van der Waals surface area contributed by atoms with E-state index in [9.17, 15) is 0 Å². The number of nitrogens with zero attached hydrogens (tertiary/aromatic N) is 3. The van der Waals surface area contributed by atoms with Crippen molar-refractivity contribution in [1.82, 2.24) is 4.68 Å². The molecule has 8 heteroatoms. The summed E-state index contributed by atoms with van der Waals surface area (Å²) in [5.74, 6) is 2.32. The normalized spacial score (nSPS) is 11.8. The minimum Gasteiger partial charge on any atom is -0.493 e. The molecule has 146 valence electrons. The van der Waals surface area contributed by atoms with Gasteiger partial charge in [-0.2, -0.15) is 5.10 Å². The molecule has 0 aliphatic carbocycles. The first-order valence-electron chi connectivity index (χ1n) is 8.42. The highest BCUT2D eigenvalue weighted by molar-refractivity contribution is 7.07. The van der Waals surface area contributed by atoms with Crippen molar-refractivity contribution >= 4 is 17.6 Å². The number of methoxy groups -OCH3 is 3. The van der Waals surface area contributed by atoms with Crippen molar-refractivity contribution in [1.29, 1.82) is 0 Å². The SMILES string of the molecule is C=CCN=c1scc(-c2ccco2)n1/N=C\c1ccc(OC)c(OC)c1OC. The molecule has 0 amide bonds. The molecule has 0 bridgehead atoms. The van der Waals surface area contributed by atoms with Crippen LogP contribution in [-0.2, 0) is 0 Å². The van der Waals surface area contributed by atoms with Gasteiger partial charge in [0.05, 0.1) is 40.4 Å². The summed E-state index contributed by atoms with van der Waals surface area (Å²) in [6.07, 6.45) is 5.05. The number of furan rings is 1. The van der Waals surface area contributed by atoms with Gasteiger partial charge in [0.25, 0.3) is 0 Å². The average molecular weight is 399 g/mol. The van der Waals surface area contributed by atoms with Gasteiger partial charge in [-0.15, -0.1) is 17.9 Å². The number of hydrogen-bond acceptors (Lipinski definition) is 7. The molecule has 3 aromatic rings. The molecular weight excluding hydrogens is 378 g/mol. The molecule has 0 N–H and O–H groups in total. The van der Waals surface area contributed by atoms with Crippen LogP contribution in [0.3, 0.4) is 0 Å². The van der Waals surface area contributed by atoms with Crippen LogP contribution < -0.4 is 19.0 Å². The predicted molar refractivity (Wildman–Crippen MR) is 110 cm³/mol. The molecular formula is C20H21N3O4S. The Hall–Kier alpha value is -3.26. The van der Waals surface area contributed by atoms with Gasteiger partial charge in [-0.05, 0) is 24.3 Å². The summed E-state index contributed by atoms with van der Waals surface area (Å²) >= 11 is 1.47. The molecule has 0 fully saturated rings. The fourth-order valence-electron chi connectivity index (χ4n) is 2.60. The van der Waals surface area contributed by atoms with E-state index < -0.39 is 0 Å². The maximum atomic E-state index is 5.53. The van der Waals surface area contributed by atoms with Crippen molar-refractivity contribution in [3.63, 3.8) is 0 Å². The topological polar surface area (TPSA) is 70.5 Å². The number of rotatable bonds is 8. The van der Waals surface area contributed by atoms with Crippen molar-refractivity contribution in [2.45, 2.75) is 0 Å². The van der Waals surface area contributed by atoms with E-state index in [2.05, 4.69) is 16.7 Å². The van der Waals surface area contributed by atoms with E-state index >= 15 is 0 Å². The minimum absolute atomic E-state index is 0.493. The maximum Gasteiger partial charge on any atom is 0.206 e. The highest BCUT2D eigenvalue weighted by Gasteiger charge is 2.15. The molecule has 3 rings (SSSR count). The second kappa shape index (κ2) is 9.09. The Kier molecular flexibility index (Phi) is 6.33. The number of ether oxygens (including phenoxy) is 3. The number of hydrogen-bond donors (Lipinski definition) is 0. The van der Waals surface area contributed by atoms with E-state index in [0.29, 0.717) is 29.6 Å². The molecule has 0 saturated heterocycles. The number of aromatic nitrogens is 1. The van der Waals surface area contributed by atoms with Crippen LogP contribution in [0.15, 0.2) is 63.1 Å². The Morgan fingerprint density at radius 1 is 1.14 bits per heavy atom. The largest absolute Gasteiger partial charge is 0.493 e. The zero-order valence-electron chi connectivity index (χ0n) is 15.9. The van der Waals surface area contributed by atoms with Crippen molar-refractivity contribution in [3.05, 3.63) is 58.9 Å². The first-order chi connectivity index (χ1) is 13.7. The van der Waals surface area contributed by atoms with Crippen LogP contribution in [0.4, 0.5) is 0 Å². The second-order valence-corrected chi connectivity index (χ2v) is 6.33. The molecule has 0 aliphatic heterocycles. The predicted octanol–water partition coefficient (Wildman–Crippen LogP) is 3.80. The Bertz CT molecular complexity index is 1030. The lowest BCUT2D eigenvalue weighted by Gasteiger charge is -2.13. The van der Waals surface area contributed by atoms with Crippen LogP contribution >= 0.6 is 11.3 Å². The molecule has 28 heavy (non-hydrogen) atoms. The monoisotopic (exact) mass is 399 g/mol. The number of benzene rings is 1. The quantitative estimate of drug-likeness (QED) is 0.427. The Morgan fingerprint density at radius 2 is 1.96 bits per heavy atom. The third-order valence-electron chi connectivity index (χ3n) is 3.86. The third-order valence-corrected chi connectivity index (χ3v) is 4.72. The van der Waals surface area contributed by atoms with Crippen LogP contribution in [0.2, 0.25) is 0 Å². The fourth-order valence-corrected chi connectivity index (χ4v) is 3.43. The van der Waals surface area contributed by atoms with E-state index in [-0.39, 0.29) is 0 Å². The van der Waals surface area contributed by atoms with Crippen molar-refractivity contribution < 1.29 is 18.6 Å². The summed E-state index contributed by atoms with van der Waals surface area (Å²) in [6, 6.07) is 7.36. The van der Waals surface area contributed by atoms with Gasteiger partial charge >= 0.3 is 0 Å². The molecule has 0 radical (unpaired) electrons. The van der Waals surface area contributed by atoms with E-state index in [0.717, 1.165) is 16.1 Å². The molecule has 7 nitrogen and oxygen atoms in total. The molecule has 2 heterocycles. The van der Waals surface area contributed by atoms with Crippen LogP contribution in [0.25, 0.3) is 11.5 Å². The molecule has 0 spiro atoms. The summed E-state index contributed by atoms with van der Waals surface area (Å²) in [6.45, 7) is 4.21. The molecule has 0 atom stereocenters. The molecule has 0 aliphatic rings. The summed E-state index contributed by atoms with van der Waals surface area (Å²) < 4.78 is 23.5. The van der Waals surface area contributed by atoms with Crippen molar-refractivity contribution in [2.75, 3.05) is 27.9 Å².